The predicted molar refractivity (Wildman–Crippen MR) is 67.3 cm³/mol. The Kier molecular flexibility index (Phi) is 4.58. The van der Waals surface area contributed by atoms with E-state index in [4.69, 9.17) is 16.3 Å². The summed E-state index contributed by atoms with van der Waals surface area (Å²) in [5, 5.41) is 2.74. The summed E-state index contributed by atoms with van der Waals surface area (Å²) in [5.74, 6) is -1.62. The van der Waals surface area contributed by atoms with Crippen molar-refractivity contribution in [2.45, 2.75) is 31.4 Å². The highest BCUT2D eigenvalue weighted by atomic mass is 35.5. The zero-order valence-electron chi connectivity index (χ0n) is 10.2. The van der Waals surface area contributed by atoms with Gasteiger partial charge in [0.2, 0.25) is 5.91 Å². The number of hydrogen-bond donors (Lipinski definition) is 1. The van der Waals surface area contributed by atoms with Gasteiger partial charge in [0, 0.05) is 18.2 Å². The smallest absolute Gasteiger partial charge is 0.235 e. The lowest BCUT2D eigenvalue weighted by Crippen LogP contribution is -2.43. The number of benzene rings is 1. The third kappa shape index (κ3) is 3.80. The number of hydrogen-bond acceptors (Lipinski definition) is 2. The second-order valence-electron chi connectivity index (χ2n) is 4.50. The summed E-state index contributed by atoms with van der Waals surface area (Å²) in [7, 11) is 0. The number of ether oxygens (including phenoxy) is 1. The van der Waals surface area contributed by atoms with Crippen LogP contribution in [0.3, 0.4) is 0 Å². The molecule has 2 atom stereocenters. The van der Waals surface area contributed by atoms with Gasteiger partial charge in [-0.15, -0.1) is 11.6 Å². The van der Waals surface area contributed by atoms with Gasteiger partial charge in [-0.1, -0.05) is 0 Å². The Morgan fingerprint density at radius 1 is 1.32 bits per heavy atom. The molecular weight excluding hydrogens is 276 g/mol. The molecule has 1 aromatic carbocycles. The second-order valence-corrected chi connectivity index (χ2v) is 4.77. The van der Waals surface area contributed by atoms with Gasteiger partial charge in [-0.25, -0.2) is 8.78 Å². The number of carbonyl (C=O) groups excluding carboxylic acids is 1. The number of nitrogens with one attached hydrogen (secondary N) is 1. The van der Waals surface area contributed by atoms with Gasteiger partial charge < -0.3 is 10.1 Å². The summed E-state index contributed by atoms with van der Waals surface area (Å²) < 4.78 is 31.7. The lowest BCUT2D eigenvalue weighted by atomic mass is 10.2. The molecule has 0 spiro atoms. The fraction of sp³-hybridized carbons (Fsp3) is 0.462. The lowest BCUT2D eigenvalue weighted by Gasteiger charge is -2.22. The second kappa shape index (κ2) is 6.19. The Bertz CT molecular complexity index is 450. The van der Waals surface area contributed by atoms with E-state index in [9.17, 15) is 13.6 Å². The summed E-state index contributed by atoms with van der Waals surface area (Å²) in [6.07, 6.45) is 2.10. The van der Waals surface area contributed by atoms with E-state index in [0.717, 1.165) is 37.5 Å². The molecule has 0 unspecified atom stereocenters. The van der Waals surface area contributed by atoms with E-state index in [-0.39, 0.29) is 29.7 Å². The number of amides is 1. The summed E-state index contributed by atoms with van der Waals surface area (Å²) in [6, 6.07) is 2.87. The normalized spacial score (nSPS) is 22.3. The van der Waals surface area contributed by atoms with Crippen LogP contribution in [0.5, 0.6) is 5.75 Å². The third-order valence-corrected chi connectivity index (χ3v) is 3.29. The molecule has 0 aliphatic heterocycles. The standard InChI is InChI=1S/C13H14ClF2NO2/c14-7-13(18)17-11-2-1-3-12(11)19-10-5-8(15)4-9(16)6-10/h4-6,11-12H,1-3,7H2,(H,17,18)/t11-,12+/m0/s1. The molecule has 0 aromatic heterocycles. The van der Waals surface area contributed by atoms with Crippen LogP contribution in [0.2, 0.25) is 0 Å². The Morgan fingerprint density at radius 2 is 2.00 bits per heavy atom. The van der Waals surface area contributed by atoms with Crippen LogP contribution in [0.4, 0.5) is 8.78 Å². The van der Waals surface area contributed by atoms with Gasteiger partial charge in [0.15, 0.2) is 0 Å². The first kappa shape index (κ1) is 14.1. The highest BCUT2D eigenvalue weighted by Crippen LogP contribution is 2.26. The predicted octanol–water partition coefficient (Wildman–Crippen LogP) is 2.62. The SMILES string of the molecule is O=C(CCl)N[C@H]1CCC[C@H]1Oc1cc(F)cc(F)c1. The van der Waals surface area contributed by atoms with Crippen molar-refractivity contribution in [3.05, 3.63) is 29.8 Å². The monoisotopic (exact) mass is 289 g/mol. The van der Waals surface area contributed by atoms with Crippen LogP contribution >= 0.6 is 11.6 Å². The van der Waals surface area contributed by atoms with E-state index in [1.165, 1.54) is 0 Å². The van der Waals surface area contributed by atoms with Gasteiger partial charge >= 0.3 is 0 Å². The minimum absolute atomic E-state index is 0.113. The molecule has 3 nitrogen and oxygen atoms in total. The van der Waals surface area contributed by atoms with Crippen molar-refractivity contribution in [3.8, 4) is 5.75 Å². The van der Waals surface area contributed by atoms with Crippen molar-refractivity contribution in [2.24, 2.45) is 0 Å². The minimum Gasteiger partial charge on any atom is -0.488 e. The number of carbonyl (C=O) groups is 1. The molecule has 1 N–H and O–H groups in total. The van der Waals surface area contributed by atoms with Crippen LogP contribution in [0.15, 0.2) is 18.2 Å². The first-order valence-electron chi connectivity index (χ1n) is 6.06. The summed E-state index contributed by atoms with van der Waals surface area (Å²) in [5.41, 5.74) is 0. The number of rotatable bonds is 4. The van der Waals surface area contributed by atoms with Gasteiger partial charge in [0.05, 0.1) is 6.04 Å². The van der Waals surface area contributed by atoms with Crippen molar-refractivity contribution in [3.63, 3.8) is 0 Å². The van der Waals surface area contributed by atoms with Crippen LogP contribution < -0.4 is 10.1 Å². The van der Waals surface area contributed by atoms with Gasteiger partial charge in [0.25, 0.3) is 0 Å². The van der Waals surface area contributed by atoms with E-state index >= 15 is 0 Å². The number of alkyl halides is 1. The summed E-state index contributed by atoms with van der Waals surface area (Å²) in [6.45, 7) is 0. The molecule has 0 heterocycles. The Labute approximate surface area is 114 Å². The maximum absolute atomic E-state index is 13.1. The molecule has 1 aliphatic rings. The molecule has 0 bridgehead atoms. The highest BCUT2D eigenvalue weighted by molar-refractivity contribution is 6.27. The number of halogens is 3. The van der Waals surface area contributed by atoms with E-state index in [1.54, 1.807) is 0 Å². The minimum atomic E-state index is -0.686. The van der Waals surface area contributed by atoms with Crippen LogP contribution in [-0.2, 0) is 4.79 Å². The zero-order chi connectivity index (χ0) is 13.8. The van der Waals surface area contributed by atoms with Crippen molar-refractivity contribution in [2.75, 3.05) is 5.88 Å². The quantitative estimate of drug-likeness (QED) is 0.865. The highest BCUT2D eigenvalue weighted by Gasteiger charge is 2.30. The fourth-order valence-corrected chi connectivity index (χ4v) is 2.33. The summed E-state index contributed by atoms with van der Waals surface area (Å²) in [4.78, 5) is 11.3. The molecule has 19 heavy (non-hydrogen) atoms. The van der Waals surface area contributed by atoms with Crippen molar-refractivity contribution in [1.29, 1.82) is 0 Å². The maximum atomic E-state index is 13.1. The van der Waals surface area contributed by atoms with E-state index < -0.39 is 11.6 Å². The van der Waals surface area contributed by atoms with Crippen molar-refractivity contribution in [1.82, 2.24) is 5.32 Å². The van der Waals surface area contributed by atoms with Crippen molar-refractivity contribution < 1.29 is 18.3 Å². The maximum Gasteiger partial charge on any atom is 0.235 e. The van der Waals surface area contributed by atoms with E-state index in [2.05, 4.69) is 5.32 Å². The average molecular weight is 290 g/mol. The molecule has 1 fully saturated rings. The lowest BCUT2D eigenvalue weighted by molar-refractivity contribution is -0.119. The molecule has 104 valence electrons. The largest absolute Gasteiger partial charge is 0.488 e. The Morgan fingerprint density at radius 3 is 2.63 bits per heavy atom. The van der Waals surface area contributed by atoms with Crippen LogP contribution in [0.1, 0.15) is 19.3 Å². The zero-order valence-corrected chi connectivity index (χ0v) is 10.9. The fourth-order valence-electron chi connectivity index (χ4n) is 2.25. The first-order chi connectivity index (χ1) is 9.08. The molecule has 1 amide bonds. The molecule has 2 rings (SSSR count). The molecular formula is C13H14ClF2NO2. The van der Waals surface area contributed by atoms with E-state index in [1.807, 2.05) is 0 Å². The van der Waals surface area contributed by atoms with Crippen LogP contribution in [-0.4, -0.2) is 23.9 Å². The molecule has 0 saturated heterocycles. The van der Waals surface area contributed by atoms with Gasteiger partial charge in [-0.05, 0) is 19.3 Å². The van der Waals surface area contributed by atoms with Gasteiger partial charge in [0.1, 0.15) is 29.4 Å². The van der Waals surface area contributed by atoms with Crippen LogP contribution in [0.25, 0.3) is 0 Å². The average Bonchev–Trinajstić information content (AvgIpc) is 2.75. The molecule has 1 saturated carbocycles. The van der Waals surface area contributed by atoms with Gasteiger partial charge in [-0.2, -0.15) is 0 Å². The first-order valence-corrected chi connectivity index (χ1v) is 6.60. The topological polar surface area (TPSA) is 38.3 Å². The Balaban J connectivity index is 2.02. The molecule has 6 heteroatoms. The molecule has 1 aliphatic carbocycles. The molecule has 0 radical (unpaired) electrons. The van der Waals surface area contributed by atoms with Crippen molar-refractivity contribution >= 4 is 17.5 Å². The molecule has 1 aromatic rings. The summed E-state index contributed by atoms with van der Waals surface area (Å²) >= 11 is 5.43. The Hall–Kier alpha value is -1.36. The van der Waals surface area contributed by atoms with Crippen LogP contribution in [0, 0.1) is 11.6 Å². The third-order valence-electron chi connectivity index (χ3n) is 3.04. The van der Waals surface area contributed by atoms with E-state index in [0.29, 0.717) is 0 Å². The van der Waals surface area contributed by atoms with Gasteiger partial charge in [-0.3, -0.25) is 4.79 Å².